The highest BCUT2D eigenvalue weighted by molar-refractivity contribution is 6.36. The van der Waals surface area contributed by atoms with E-state index in [9.17, 15) is 9.59 Å². The summed E-state index contributed by atoms with van der Waals surface area (Å²) in [4.78, 5) is 27.8. The molecule has 1 unspecified atom stereocenters. The fraction of sp³-hybridized carbons (Fsp3) is 0.440. The van der Waals surface area contributed by atoms with Crippen LogP contribution in [0.3, 0.4) is 0 Å². The van der Waals surface area contributed by atoms with Crippen LogP contribution < -0.4 is 10.1 Å². The van der Waals surface area contributed by atoms with Crippen molar-refractivity contribution in [3.63, 3.8) is 0 Å². The number of carbonyl (C=O) groups excluding carboxylic acids is 2. The highest BCUT2D eigenvalue weighted by Gasteiger charge is 2.31. The molecule has 0 aliphatic carbocycles. The monoisotopic (exact) mass is 478 g/mol. The normalized spacial score (nSPS) is 12.2. The third-order valence-corrected chi connectivity index (χ3v) is 5.82. The van der Waals surface area contributed by atoms with Gasteiger partial charge in [-0.3, -0.25) is 9.59 Å². The predicted molar refractivity (Wildman–Crippen MR) is 130 cm³/mol. The summed E-state index contributed by atoms with van der Waals surface area (Å²) >= 11 is 12.7. The van der Waals surface area contributed by atoms with Crippen LogP contribution in [-0.4, -0.2) is 34.9 Å². The zero-order valence-electron chi connectivity index (χ0n) is 19.6. The van der Waals surface area contributed by atoms with Crippen LogP contribution in [0.4, 0.5) is 0 Å². The molecule has 5 nitrogen and oxygen atoms in total. The molecule has 1 atom stereocenters. The van der Waals surface area contributed by atoms with E-state index in [1.807, 2.05) is 59.7 Å². The fourth-order valence-electron chi connectivity index (χ4n) is 3.26. The molecule has 2 aromatic rings. The predicted octanol–water partition coefficient (Wildman–Crippen LogP) is 5.71. The van der Waals surface area contributed by atoms with E-state index in [2.05, 4.69) is 5.32 Å². The highest BCUT2D eigenvalue weighted by atomic mass is 35.5. The van der Waals surface area contributed by atoms with Gasteiger partial charge in [-0.2, -0.15) is 0 Å². The molecule has 0 aromatic heterocycles. The molecule has 0 aliphatic rings. The van der Waals surface area contributed by atoms with Crippen molar-refractivity contribution in [2.45, 2.75) is 66.1 Å². The second-order valence-electron chi connectivity index (χ2n) is 8.92. The summed E-state index contributed by atoms with van der Waals surface area (Å²) in [5.74, 6) is 0.0437. The van der Waals surface area contributed by atoms with E-state index < -0.39 is 11.6 Å². The second kappa shape index (κ2) is 11.1. The van der Waals surface area contributed by atoms with Crippen molar-refractivity contribution in [2.75, 3.05) is 6.61 Å². The molecule has 2 amide bonds. The minimum Gasteiger partial charge on any atom is -0.484 e. The number of benzene rings is 2. The van der Waals surface area contributed by atoms with Gasteiger partial charge in [0.2, 0.25) is 5.91 Å². The molecule has 1 N–H and O–H groups in total. The molecule has 0 aliphatic heterocycles. The number of ether oxygens (including phenoxy) is 1. The number of carbonyl (C=O) groups is 2. The minimum absolute atomic E-state index is 0.101. The van der Waals surface area contributed by atoms with Gasteiger partial charge in [-0.1, -0.05) is 42.3 Å². The summed E-state index contributed by atoms with van der Waals surface area (Å²) in [6.07, 6.45) is 0.430. The van der Waals surface area contributed by atoms with Crippen molar-refractivity contribution in [2.24, 2.45) is 0 Å². The van der Waals surface area contributed by atoms with Crippen LogP contribution in [-0.2, 0) is 16.1 Å². The van der Waals surface area contributed by atoms with E-state index >= 15 is 0 Å². The summed E-state index contributed by atoms with van der Waals surface area (Å²) in [7, 11) is 0. The summed E-state index contributed by atoms with van der Waals surface area (Å²) in [5.41, 5.74) is 2.38. The molecule has 0 fully saturated rings. The van der Waals surface area contributed by atoms with E-state index in [4.69, 9.17) is 27.9 Å². The van der Waals surface area contributed by atoms with Crippen molar-refractivity contribution in [1.29, 1.82) is 0 Å². The standard InChI is InChI=1S/C25H32Cl2N2O3/c1-7-22(24(31)28-25(4,5)6)29(14-19-20(26)9-8-10-21(19)27)23(30)15-32-18-12-11-16(2)17(3)13-18/h8-13,22H,7,14-15H2,1-6H3,(H,28,31). The number of halogens is 2. The Morgan fingerprint density at radius 2 is 1.69 bits per heavy atom. The molecular weight excluding hydrogens is 447 g/mol. The van der Waals surface area contributed by atoms with Crippen LogP contribution in [0.2, 0.25) is 10.0 Å². The van der Waals surface area contributed by atoms with Gasteiger partial charge >= 0.3 is 0 Å². The first-order chi connectivity index (χ1) is 14.9. The Balaban J connectivity index is 2.31. The highest BCUT2D eigenvalue weighted by Crippen LogP contribution is 2.27. The molecule has 0 saturated carbocycles. The Labute approximate surface area is 201 Å². The van der Waals surface area contributed by atoms with Gasteiger partial charge in [-0.05, 0) is 76.4 Å². The molecule has 2 aromatic carbocycles. The number of nitrogens with one attached hydrogen (secondary N) is 1. The van der Waals surface area contributed by atoms with Gasteiger partial charge in [0.05, 0.1) is 0 Å². The van der Waals surface area contributed by atoms with E-state index in [1.54, 1.807) is 18.2 Å². The quantitative estimate of drug-likeness (QED) is 0.528. The van der Waals surface area contributed by atoms with E-state index in [0.717, 1.165) is 11.1 Å². The molecule has 0 bridgehead atoms. The maximum Gasteiger partial charge on any atom is 0.261 e. The number of nitrogens with zero attached hydrogens (tertiary/aromatic N) is 1. The lowest BCUT2D eigenvalue weighted by Crippen LogP contribution is -2.54. The van der Waals surface area contributed by atoms with Crippen LogP contribution in [0.25, 0.3) is 0 Å². The van der Waals surface area contributed by atoms with Gasteiger partial charge in [0.1, 0.15) is 11.8 Å². The van der Waals surface area contributed by atoms with Gasteiger partial charge in [-0.25, -0.2) is 0 Å². The Morgan fingerprint density at radius 3 is 2.22 bits per heavy atom. The Hall–Kier alpha value is -2.24. The molecule has 7 heteroatoms. The van der Waals surface area contributed by atoms with E-state index in [1.165, 1.54) is 4.90 Å². The zero-order chi connectivity index (χ0) is 24.1. The van der Waals surface area contributed by atoms with Crippen molar-refractivity contribution in [3.05, 3.63) is 63.1 Å². The number of hydrogen-bond acceptors (Lipinski definition) is 3. The number of hydrogen-bond donors (Lipinski definition) is 1. The van der Waals surface area contributed by atoms with E-state index in [0.29, 0.717) is 27.8 Å². The molecule has 0 spiro atoms. The van der Waals surface area contributed by atoms with Crippen molar-refractivity contribution < 1.29 is 14.3 Å². The summed E-state index contributed by atoms with van der Waals surface area (Å²) in [6, 6.07) is 10.1. The first-order valence-corrected chi connectivity index (χ1v) is 11.4. The van der Waals surface area contributed by atoms with Gasteiger partial charge < -0.3 is 15.0 Å². The van der Waals surface area contributed by atoms with Crippen LogP contribution in [0.5, 0.6) is 5.75 Å². The number of amides is 2. The van der Waals surface area contributed by atoms with Crippen LogP contribution >= 0.6 is 23.2 Å². The average molecular weight is 479 g/mol. The Morgan fingerprint density at radius 1 is 1.06 bits per heavy atom. The van der Waals surface area contributed by atoms with Crippen LogP contribution in [0.1, 0.15) is 50.8 Å². The van der Waals surface area contributed by atoms with E-state index in [-0.39, 0.29) is 25.0 Å². The lowest BCUT2D eigenvalue weighted by Gasteiger charge is -2.33. The molecule has 0 radical (unpaired) electrons. The lowest BCUT2D eigenvalue weighted by atomic mass is 10.1. The SMILES string of the molecule is CCC(C(=O)NC(C)(C)C)N(Cc1c(Cl)cccc1Cl)C(=O)COc1ccc(C)c(C)c1. The van der Waals surface area contributed by atoms with Gasteiger partial charge in [0, 0.05) is 27.7 Å². The van der Waals surface area contributed by atoms with Crippen molar-refractivity contribution in [1.82, 2.24) is 10.2 Å². The van der Waals surface area contributed by atoms with Crippen molar-refractivity contribution in [3.8, 4) is 5.75 Å². The smallest absolute Gasteiger partial charge is 0.261 e. The number of aryl methyl sites for hydroxylation is 2. The second-order valence-corrected chi connectivity index (χ2v) is 9.73. The third kappa shape index (κ3) is 7.14. The van der Waals surface area contributed by atoms with Crippen molar-refractivity contribution >= 4 is 35.0 Å². The molecule has 0 heterocycles. The van der Waals surface area contributed by atoms with Crippen LogP contribution in [0, 0.1) is 13.8 Å². The Kier molecular flexibility index (Phi) is 8.99. The van der Waals surface area contributed by atoms with Gasteiger partial charge in [-0.15, -0.1) is 0 Å². The third-order valence-electron chi connectivity index (χ3n) is 5.11. The largest absolute Gasteiger partial charge is 0.484 e. The maximum atomic E-state index is 13.3. The lowest BCUT2D eigenvalue weighted by molar-refractivity contribution is -0.143. The first-order valence-electron chi connectivity index (χ1n) is 10.7. The number of rotatable bonds is 8. The summed E-state index contributed by atoms with van der Waals surface area (Å²) in [6.45, 7) is 11.5. The molecule has 32 heavy (non-hydrogen) atoms. The molecule has 2 rings (SSSR count). The molecule has 174 valence electrons. The first kappa shape index (κ1) is 26.0. The minimum atomic E-state index is -0.697. The van der Waals surface area contributed by atoms with Crippen LogP contribution in [0.15, 0.2) is 36.4 Å². The zero-order valence-corrected chi connectivity index (χ0v) is 21.1. The Bertz CT molecular complexity index is 950. The topological polar surface area (TPSA) is 58.6 Å². The average Bonchev–Trinajstić information content (AvgIpc) is 2.69. The van der Waals surface area contributed by atoms with Gasteiger partial charge in [0.15, 0.2) is 6.61 Å². The summed E-state index contributed by atoms with van der Waals surface area (Å²) < 4.78 is 5.77. The van der Waals surface area contributed by atoms with Gasteiger partial charge in [0.25, 0.3) is 5.91 Å². The summed E-state index contributed by atoms with van der Waals surface area (Å²) in [5, 5.41) is 3.85. The fourth-order valence-corrected chi connectivity index (χ4v) is 3.77. The maximum absolute atomic E-state index is 13.3. The molecular formula is C25H32Cl2N2O3. The molecule has 0 saturated heterocycles.